The molecule has 0 saturated carbocycles. The molecule has 0 aromatic heterocycles. The summed E-state index contributed by atoms with van der Waals surface area (Å²) in [6.07, 6.45) is 1.12. The van der Waals surface area contributed by atoms with E-state index in [1.54, 1.807) is 0 Å². The molecule has 0 spiro atoms. The number of hydrogen-bond acceptors (Lipinski definition) is 1. The van der Waals surface area contributed by atoms with E-state index in [0.717, 1.165) is 25.5 Å². The molecule has 0 aromatic rings. The van der Waals surface area contributed by atoms with Crippen molar-refractivity contribution in [3.05, 3.63) is 0 Å². The highest BCUT2D eigenvalue weighted by atomic mass is 35.5. The Bertz CT molecular complexity index is 76.6. The maximum absolute atomic E-state index is 5.67. The molecule has 0 radical (unpaired) electrons. The first kappa shape index (κ1) is 6.37. The van der Waals surface area contributed by atoms with Gasteiger partial charge < -0.3 is 4.74 Å². The minimum absolute atomic E-state index is 0.279. The van der Waals surface area contributed by atoms with Crippen LogP contribution in [0.2, 0.25) is 0 Å². The lowest BCUT2D eigenvalue weighted by molar-refractivity contribution is 0.168. The zero-order valence-corrected chi connectivity index (χ0v) is 5.87. The summed E-state index contributed by atoms with van der Waals surface area (Å²) in [6, 6.07) is 0. The van der Waals surface area contributed by atoms with Gasteiger partial charge in [-0.2, -0.15) is 0 Å². The molecule has 1 rings (SSSR count). The second-order valence-electron chi connectivity index (χ2n) is 2.75. The molecule has 1 nitrogen and oxygen atoms in total. The van der Waals surface area contributed by atoms with Crippen molar-refractivity contribution in [2.75, 3.05) is 19.1 Å². The van der Waals surface area contributed by atoms with Crippen LogP contribution in [0, 0.1) is 5.41 Å². The standard InChI is InChI=1S/C6H11ClO/c1-6(4-7)2-3-8-5-6/h2-5H2,1H3/t6-/m0/s1. The third-order valence-electron chi connectivity index (χ3n) is 1.62. The van der Waals surface area contributed by atoms with Crippen LogP contribution in [0.25, 0.3) is 0 Å². The average molecular weight is 135 g/mol. The van der Waals surface area contributed by atoms with Gasteiger partial charge in [-0.15, -0.1) is 11.6 Å². The first-order valence-corrected chi connectivity index (χ1v) is 3.44. The van der Waals surface area contributed by atoms with Crippen molar-refractivity contribution in [1.82, 2.24) is 0 Å². The van der Waals surface area contributed by atoms with Crippen LogP contribution in [-0.4, -0.2) is 19.1 Å². The highest BCUT2D eigenvalue weighted by molar-refractivity contribution is 6.18. The van der Waals surface area contributed by atoms with Gasteiger partial charge in [-0.1, -0.05) is 6.92 Å². The lowest BCUT2D eigenvalue weighted by Gasteiger charge is -2.15. The molecular formula is C6H11ClO. The Kier molecular flexibility index (Phi) is 1.78. The van der Waals surface area contributed by atoms with Crippen LogP contribution in [-0.2, 0) is 4.74 Å². The highest BCUT2D eigenvalue weighted by Crippen LogP contribution is 2.28. The Morgan fingerprint density at radius 3 is 2.75 bits per heavy atom. The van der Waals surface area contributed by atoms with Crippen LogP contribution in [0.3, 0.4) is 0 Å². The minimum atomic E-state index is 0.279. The quantitative estimate of drug-likeness (QED) is 0.496. The Morgan fingerprint density at radius 1 is 1.75 bits per heavy atom. The van der Waals surface area contributed by atoms with Gasteiger partial charge in [0.25, 0.3) is 0 Å². The van der Waals surface area contributed by atoms with E-state index in [9.17, 15) is 0 Å². The first-order valence-electron chi connectivity index (χ1n) is 2.91. The Labute approximate surface area is 55.0 Å². The second kappa shape index (κ2) is 2.24. The summed E-state index contributed by atoms with van der Waals surface area (Å²) < 4.78 is 5.17. The van der Waals surface area contributed by atoms with Gasteiger partial charge in [0.1, 0.15) is 0 Å². The molecule has 0 N–H and O–H groups in total. The monoisotopic (exact) mass is 134 g/mol. The molecule has 48 valence electrons. The molecule has 0 bridgehead atoms. The zero-order valence-electron chi connectivity index (χ0n) is 5.11. The predicted octanol–water partition coefficient (Wildman–Crippen LogP) is 1.65. The van der Waals surface area contributed by atoms with Crippen LogP contribution in [0.5, 0.6) is 0 Å². The lowest BCUT2D eigenvalue weighted by atomic mass is 9.93. The third-order valence-corrected chi connectivity index (χ3v) is 2.27. The van der Waals surface area contributed by atoms with Crippen molar-refractivity contribution >= 4 is 11.6 Å². The van der Waals surface area contributed by atoms with Crippen LogP contribution >= 0.6 is 11.6 Å². The van der Waals surface area contributed by atoms with Crippen LogP contribution in [0.15, 0.2) is 0 Å². The SMILES string of the molecule is C[C@@]1(CCl)CCOC1. The molecule has 1 atom stereocenters. The fourth-order valence-electron chi connectivity index (χ4n) is 0.815. The summed E-state index contributed by atoms with van der Waals surface area (Å²) in [5.41, 5.74) is 0.279. The molecule has 8 heavy (non-hydrogen) atoms. The maximum atomic E-state index is 5.67. The third kappa shape index (κ3) is 1.15. The summed E-state index contributed by atoms with van der Waals surface area (Å²) >= 11 is 5.67. The normalized spacial score (nSPS) is 38.2. The lowest BCUT2D eigenvalue weighted by Crippen LogP contribution is -2.17. The topological polar surface area (TPSA) is 9.23 Å². The predicted molar refractivity (Wildman–Crippen MR) is 34.3 cm³/mol. The fraction of sp³-hybridized carbons (Fsp3) is 1.00. The van der Waals surface area contributed by atoms with Crippen molar-refractivity contribution in [3.8, 4) is 0 Å². The molecule has 1 aliphatic heterocycles. The van der Waals surface area contributed by atoms with Crippen molar-refractivity contribution in [3.63, 3.8) is 0 Å². The molecule has 0 aromatic carbocycles. The summed E-state index contributed by atoms with van der Waals surface area (Å²) in [6.45, 7) is 3.90. The maximum Gasteiger partial charge on any atom is 0.0532 e. The molecule has 2 heteroatoms. The average Bonchev–Trinajstić information content (AvgIpc) is 2.17. The van der Waals surface area contributed by atoms with E-state index in [2.05, 4.69) is 6.92 Å². The number of alkyl halides is 1. The molecule has 0 amide bonds. The van der Waals surface area contributed by atoms with Gasteiger partial charge in [0.15, 0.2) is 0 Å². The summed E-state index contributed by atoms with van der Waals surface area (Å²) in [4.78, 5) is 0. The van der Waals surface area contributed by atoms with Crippen LogP contribution in [0.1, 0.15) is 13.3 Å². The van der Waals surface area contributed by atoms with Gasteiger partial charge in [0, 0.05) is 17.9 Å². The Hall–Kier alpha value is 0.250. The smallest absolute Gasteiger partial charge is 0.0532 e. The Morgan fingerprint density at radius 2 is 2.50 bits per heavy atom. The number of hydrogen-bond donors (Lipinski definition) is 0. The van der Waals surface area contributed by atoms with Crippen LogP contribution in [0.4, 0.5) is 0 Å². The largest absolute Gasteiger partial charge is 0.381 e. The molecule has 1 fully saturated rings. The number of rotatable bonds is 1. The van der Waals surface area contributed by atoms with Crippen LogP contribution < -0.4 is 0 Å². The van der Waals surface area contributed by atoms with E-state index in [-0.39, 0.29) is 5.41 Å². The minimum Gasteiger partial charge on any atom is -0.381 e. The summed E-state index contributed by atoms with van der Waals surface area (Å²) in [7, 11) is 0. The van der Waals surface area contributed by atoms with Crippen molar-refractivity contribution < 1.29 is 4.74 Å². The van der Waals surface area contributed by atoms with Crippen molar-refractivity contribution in [1.29, 1.82) is 0 Å². The molecule has 0 aliphatic carbocycles. The van der Waals surface area contributed by atoms with E-state index < -0.39 is 0 Å². The summed E-state index contributed by atoms with van der Waals surface area (Å²) in [5.74, 6) is 0.729. The first-order chi connectivity index (χ1) is 3.77. The molecule has 1 heterocycles. The second-order valence-corrected chi connectivity index (χ2v) is 3.01. The Balaban J connectivity index is 2.40. The van der Waals surface area contributed by atoms with Gasteiger partial charge in [-0.05, 0) is 6.42 Å². The fourth-order valence-corrected chi connectivity index (χ4v) is 1.03. The molecule has 0 unspecified atom stereocenters. The zero-order chi connectivity index (χ0) is 6.04. The van der Waals surface area contributed by atoms with E-state index in [0.29, 0.717) is 0 Å². The molecule has 1 saturated heterocycles. The van der Waals surface area contributed by atoms with E-state index in [4.69, 9.17) is 16.3 Å². The van der Waals surface area contributed by atoms with Gasteiger partial charge in [-0.3, -0.25) is 0 Å². The van der Waals surface area contributed by atoms with Gasteiger partial charge >= 0.3 is 0 Å². The van der Waals surface area contributed by atoms with E-state index in [1.807, 2.05) is 0 Å². The summed E-state index contributed by atoms with van der Waals surface area (Å²) in [5, 5.41) is 0. The van der Waals surface area contributed by atoms with E-state index >= 15 is 0 Å². The van der Waals surface area contributed by atoms with E-state index in [1.165, 1.54) is 0 Å². The van der Waals surface area contributed by atoms with Crippen molar-refractivity contribution in [2.45, 2.75) is 13.3 Å². The van der Waals surface area contributed by atoms with Gasteiger partial charge in [0.2, 0.25) is 0 Å². The molecular weight excluding hydrogens is 124 g/mol. The van der Waals surface area contributed by atoms with Crippen molar-refractivity contribution in [2.24, 2.45) is 5.41 Å². The number of ether oxygens (including phenoxy) is 1. The van der Waals surface area contributed by atoms with Gasteiger partial charge in [0.05, 0.1) is 6.61 Å². The van der Waals surface area contributed by atoms with Gasteiger partial charge in [-0.25, -0.2) is 0 Å². The number of halogens is 1. The molecule has 1 aliphatic rings. The highest BCUT2D eigenvalue weighted by Gasteiger charge is 2.28.